The molecule has 4 nitrogen and oxygen atoms in total. The molecule has 0 saturated heterocycles. The molecule has 0 bridgehead atoms. The Kier molecular flexibility index (Phi) is 3.88. The van der Waals surface area contributed by atoms with Gasteiger partial charge in [-0.2, -0.15) is 0 Å². The Morgan fingerprint density at radius 3 is 2.79 bits per heavy atom. The Bertz CT molecular complexity index is 1050. The third kappa shape index (κ3) is 2.72. The molecule has 0 unspecified atom stereocenters. The summed E-state index contributed by atoms with van der Waals surface area (Å²) in [5.41, 5.74) is 1.65. The van der Waals surface area contributed by atoms with Crippen molar-refractivity contribution in [3.8, 4) is 0 Å². The number of nitrogens with one attached hydrogen (secondary N) is 1. The minimum Gasteiger partial charge on any atom is -0.346 e. The number of hydrogen-bond donors (Lipinski definition) is 1. The molecule has 0 atom stereocenters. The number of carbonyl (C=O) groups is 1. The first-order valence-corrected chi connectivity index (χ1v) is 8.58. The predicted octanol–water partition coefficient (Wildman–Crippen LogP) is 4.43. The first kappa shape index (κ1) is 15.1. The maximum atomic E-state index is 12.4. The maximum absolute atomic E-state index is 12.4. The molecule has 0 fully saturated rings. The van der Waals surface area contributed by atoms with E-state index in [9.17, 15) is 4.79 Å². The lowest BCUT2D eigenvalue weighted by molar-refractivity contribution is 0.0954. The lowest BCUT2D eigenvalue weighted by Gasteiger charge is -2.02. The minimum atomic E-state index is -0.137. The second kappa shape index (κ2) is 6.19. The molecule has 1 amide bonds. The third-order valence-corrected chi connectivity index (χ3v) is 5.16. The van der Waals surface area contributed by atoms with Gasteiger partial charge in [-0.1, -0.05) is 35.9 Å². The Hall–Kier alpha value is -2.50. The number of fused-ring (bicyclic) bond motifs is 3. The van der Waals surface area contributed by atoms with Crippen molar-refractivity contribution < 1.29 is 4.79 Å². The van der Waals surface area contributed by atoms with Gasteiger partial charge in [0.05, 0.1) is 22.6 Å². The Morgan fingerprint density at radius 1 is 1.12 bits per heavy atom. The van der Waals surface area contributed by atoms with E-state index in [-0.39, 0.29) is 5.91 Å². The summed E-state index contributed by atoms with van der Waals surface area (Å²) in [4.78, 5) is 21.7. The fourth-order valence-electron chi connectivity index (χ4n) is 2.55. The molecule has 0 radical (unpaired) electrons. The number of pyridine rings is 2. The number of rotatable bonds is 3. The summed E-state index contributed by atoms with van der Waals surface area (Å²) in [7, 11) is 0. The number of carbonyl (C=O) groups excluding carboxylic acids is 1. The van der Waals surface area contributed by atoms with Crippen LogP contribution in [0.1, 0.15) is 15.4 Å². The van der Waals surface area contributed by atoms with Crippen molar-refractivity contribution in [3.05, 3.63) is 70.5 Å². The summed E-state index contributed by atoms with van der Waals surface area (Å²) in [5.74, 6) is -0.137. The van der Waals surface area contributed by atoms with Gasteiger partial charge in [0.15, 0.2) is 0 Å². The van der Waals surface area contributed by atoms with Crippen LogP contribution in [0.3, 0.4) is 0 Å². The molecule has 6 heteroatoms. The van der Waals surface area contributed by atoms with Crippen LogP contribution in [0, 0.1) is 0 Å². The number of hydrogen-bond acceptors (Lipinski definition) is 4. The highest BCUT2D eigenvalue weighted by Crippen LogP contribution is 2.35. The van der Waals surface area contributed by atoms with Crippen molar-refractivity contribution in [1.29, 1.82) is 0 Å². The number of nitrogens with zero attached hydrogens (tertiary/aromatic N) is 2. The Balaban J connectivity index is 1.68. The van der Waals surface area contributed by atoms with E-state index >= 15 is 0 Å². The van der Waals surface area contributed by atoms with Crippen molar-refractivity contribution in [2.45, 2.75) is 6.54 Å². The van der Waals surface area contributed by atoms with Crippen LogP contribution in [-0.4, -0.2) is 15.9 Å². The molecule has 3 aromatic heterocycles. The monoisotopic (exact) mass is 353 g/mol. The van der Waals surface area contributed by atoms with Crippen LogP contribution >= 0.6 is 22.9 Å². The van der Waals surface area contributed by atoms with Gasteiger partial charge in [0.1, 0.15) is 5.15 Å². The maximum Gasteiger partial charge on any atom is 0.261 e. The van der Waals surface area contributed by atoms with Crippen LogP contribution in [0.25, 0.3) is 21.0 Å². The molecule has 4 rings (SSSR count). The quantitative estimate of drug-likeness (QED) is 0.554. The second-order valence-electron chi connectivity index (χ2n) is 5.28. The summed E-state index contributed by atoms with van der Waals surface area (Å²) in [6, 6.07) is 15.2. The average Bonchev–Trinajstić information content (AvgIpc) is 3.07. The van der Waals surface area contributed by atoms with Gasteiger partial charge in [-0.15, -0.1) is 11.3 Å². The van der Waals surface area contributed by atoms with Crippen LogP contribution in [0.4, 0.5) is 0 Å². The van der Waals surface area contributed by atoms with Crippen molar-refractivity contribution >= 4 is 49.8 Å². The van der Waals surface area contributed by atoms with E-state index in [0.717, 1.165) is 26.7 Å². The summed E-state index contributed by atoms with van der Waals surface area (Å²) >= 11 is 7.71. The molecule has 0 aliphatic rings. The summed E-state index contributed by atoms with van der Waals surface area (Å²) in [5, 5.41) is 5.12. The number of thiophene rings is 1. The zero-order valence-corrected chi connectivity index (χ0v) is 14.1. The molecular formula is C18H12ClN3OS. The van der Waals surface area contributed by atoms with Crippen molar-refractivity contribution in [3.63, 3.8) is 0 Å². The zero-order chi connectivity index (χ0) is 16.5. The van der Waals surface area contributed by atoms with E-state index in [4.69, 9.17) is 11.6 Å². The molecule has 0 aliphatic heterocycles. The molecule has 24 heavy (non-hydrogen) atoms. The second-order valence-corrected chi connectivity index (χ2v) is 6.69. The zero-order valence-electron chi connectivity index (χ0n) is 12.5. The minimum absolute atomic E-state index is 0.137. The molecule has 0 saturated carbocycles. The summed E-state index contributed by atoms with van der Waals surface area (Å²) < 4.78 is 0.980. The topological polar surface area (TPSA) is 54.9 Å². The predicted molar refractivity (Wildman–Crippen MR) is 97.5 cm³/mol. The summed E-state index contributed by atoms with van der Waals surface area (Å²) in [6.45, 7) is 0.390. The third-order valence-electron chi connectivity index (χ3n) is 3.70. The number of benzene rings is 1. The first-order chi connectivity index (χ1) is 11.7. The van der Waals surface area contributed by atoms with Gasteiger partial charge in [-0.3, -0.25) is 9.78 Å². The normalized spacial score (nSPS) is 11.0. The molecule has 1 N–H and O–H groups in total. The van der Waals surface area contributed by atoms with Gasteiger partial charge in [0.25, 0.3) is 5.91 Å². The fraction of sp³-hybridized carbons (Fsp3) is 0.0556. The van der Waals surface area contributed by atoms with Crippen molar-refractivity contribution in [2.24, 2.45) is 0 Å². The standard InChI is InChI=1S/C18H12ClN3OS/c19-17-13-9-15(18(23)21-10-11-5-3-4-8-20-11)24-16(13)12-6-1-2-7-14(12)22-17/h1-9H,10H2,(H,21,23). The van der Waals surface area contributed by atoms with E-state index < -0.39 is 0 Å². The van der Waals surface area contributed by atoms with Crippen LogP contribution < -0.4 is 5.32 Å². The highest BCUT2D eigenvalue weighted by Gasteiger charge is 2.15. The van der Waals surface area contributed by atoms with Gasteiger partial charge < -0.3 is 5.32 Å². The van der Waals surface area contributed by atoms with Crippen LogP contribution in [0.15, 0.2) is 54.7 Å². The number of para-hydroxylation sites is 1. The molecule has 1 aromatic carbocycles. The van der Waals surface area contributed by atoms with Gasteiger partial charge in [-0.25, -0.2) is 4.98 Å². The summed E-state index contributed by atoms with van der Waals surface area (Å²) in [6.07, 6.45) is 1.71. The molecule has 118 valence electrons. The fourth-order valence-corrected chi connectivity index (χ4v) is 3.95. The smallest absolute Gasteiger partial charge is 0.261 e. The van der Waals surface area contributed by atoms with Gasteiger partial charge in [0, 0.05) is 21.7 Å². The number of halogens is 1. The molecule has 0 aliphatic carbocycles. The average molecular weight is 354 g/mol. The lowest BCUT2D eigenvalue weighted by Crippen LogP contribution is -2.22. The molecule has 0 spiro atoms. The van der Waals surface area contributed by atoms with E-state index in [0.29, 0.717) is 16.6 Å². The SMILES string of the molecule is O=C(NCc1ccccn1)c1cc2c(Cl)nc3ccccc3c2s1. The molecule has 3 heterocycles. The van der Waals surface area contributed by atoms with Gasteiger partial charge in [-0.05, 0) is 24.3 Å². The van der Waals surface area contributed by atoms with Crippen molar-refractivity contribution in [1.82, 2.24) is 15.3 Å². The molecular weight excluding hydrogens is 342 g/mol. The largest absolute Gasteiger partial charge is 0.346 e. The van der Waals surface area contributed by atoms with Crippen LogP contribution in [-0.2, 0) is 6.54 Å². The van der Waals surface area contributed by atoms with E-state index in [2.05, 4.69) is 15.3 Å². The van der Waals surface area contributed by atoms with E-state index in [1.54, 1.807) is 12.3 Å². The van der Waals surface area contributed by atoms with E-state index in [1.165, 1.54) is 11.3 Å². The first-order valence-electron chi connectivity index (χ1n) is 7.38. The van der Waals surface area contributed by atoms with Crippen LogP contribution in [0.2, 0.25) is 5.15 Å². The van der Waals surface area contributed by atoms with Gasteiger partial charge >= 0.3 is 0 Å². The Morgan fingerprint density at radius 2 is 1.96 bits per heavy atom. The number of aromatic nitrogens is 2. The van der Waals surface area contributed by atoms with E-state index in [1.807, 2.05) is 42.5 Å². The van der Waals surface area contributed by atoms with Gasteiger partial charge in [0.2, 0.25) is 0 Å². The Labute approximate surface area is 147 Å². The van der Waals surface area contributed by atoms with Crippen LogP contribution in [0.5, 0.6) is 0 Å². The number of amides is 1. The highest BCUT2D eigenvalue weighted by atomic mass is 35.5. The highest BCUT2D eigenvalue weighted by molar-refractivity contribution is 7.21. The lowest BCUT2D eigenvalue weighted by atomic mass is 10.2. The molecule has 4 aromatic rings. The van der Waals surface area contributed by atoms with Crippen molar-refractivity contribution in [2.75, 3.05) is 0 Å².